The van der Waals surface area contributed by atoms with E-state index in [0.717, 1.165) is 66.8 Å². The molecule has 0 radical (unpaired) electrons. The minimum Gasteiger partial charge on any atom is -0.483 e. The van der Waals surface area contributed by atoms with Crippen molar-refractivity contribution in [3.8, 4) is 35.1 Å². The third-order valence-electron chi connectivity index (χ3n) is 13.4. The third-order valence-corrected chi connectivity index (χ3v) is 13.4. The lowest BCUT2D eigenvalue weighted by molar-refractivity contribution is -0.133. The summed E-state index contributed by atoms with van der Waals surface area (Å²) in [6.07, 6.45) is 1.46. The summed E-state index contributed by atoms with van der Waals surface area (Å²) >= 11 is 0. The van der Waals surface area contributed by atoms with E-state index in [1.807, 2.05) is 27.7 Å². The van der Waals surface area contributed by atoms with Crippen molar-refractivity contribution in [2.75, 3.05) is 52.6 Å². The highest BCUT2D eigenvalue weighted by atomic mass is 16.5. The number of likely N-dealkylation sites (N-methyl/N-ethyl adjacent to an activating group) is 2. The van der Waals surface area contributed by atoms with E-state index < -0.39 is 0 Å². The number of carbonyl (C=O) groups excluding carboxylic acids is 2. The fourth-order valence-corrected chi connectivity index (χ4v) is 9.17. The van der Waals surface area contributed by atoms with Crippen molar-refractivity contribution in [3.05, 3.63) is 115 Å². The van der Waals surface area contributed by atoms with Gasteiger partial charge in [0.05, 0.1) is 0 Å². The van der Waals surface area contributed by atoms with Crippen LogP contribution in [-0.2, 0) is 56.9 Å². The molecular weight excluding hydrogens is 873 g/mol. The van der Waals surface area contributed by atoms with Gasteiger partial charge in [-0.25, -0.2) is 0 Å². The van der Waals surface area contributed by atoms with Crippen LogP contribution in [0.5, 0.6) is 23.0 Å². The number of hydrogen-bond acceptors (Lipinski definition) is 8. The first-order valence-electron chi connectivity index (χ1n) is 25.2. The van der Waals surface area contributed by atoms with E-state index in [4.69, 9.17) is 18.9 Å². The Balaban J connectivity index is 2.03. The molecule has 0 spiro atoms. The molecule has 1 aliphatic rings. The van der Waals surface area contributed by atoms with Gasteiger partial charge in [-0.05, 0) is 116 Å². The van der Waals surface area contributed by atoms with Gasteiger partial charge in [-0.2, -0.15) is 10.5 Å². The van der Waals surface area contributed by atoms with Crippen LogP contribution < -0.4 is 18.9 Å². The highest BCUT2D eigenvalue weighted by Gasteiger charge is 2.30. The number of nitriles is 2. The molecule has 376 valence electrons. The van der Waals surface area contributed by atoms with Crippen molar-refractivity contribution >= 4 is 11.8 Å². The number of rotatable bonds is 14. The molecule has 0 atom stereocenters. The average molecular weight is 953 g/mol. The largest absolute Gasteiger partial charge is 0.483 e. The van der Waals surface area contributed by atoms with Crippen LogP contribution in [0.15, 0.2) is 48.5 Å². The van der Waals surface area contributed by atoms with E-state index in [-0.39, 0.29) is 59.9 Å². The fraction of sp³-hybridized carbons (Fsp3) is 0.533. The molecule has 0 N–H and O–H groups in total. The molecule has 10 heteroatoms. The Kier molecular flexibility index (Phi) is 17.6. The van der Waals surface area contributed by atoms with Gasteiger partial charge in [-0.3, -0.25) is 9.59 Å². The summed E-state index contributed by atoms with van der Waals surface area (Å²) in [4.78, 5) is 31.2. The Morgan fingerprint density at radius 2 is 0.614 bits per heavy atom. The van der Waals surface area contributed by atoms with Crippen LogP contribution in [0.3, 0.4) is 0 Å². The van der Waals surface area contributed by atoms with Gasteiger partial charge in [-0.15, -0.1) is 0 Å². The van der Waals surface area contributed by atoms with Gasteiger partial charge in [0.2, 0.25) is 0 Å². The zero-order chi connectivity index (χ0) is 51.9. The minimum absolute atomic E-state index is 0.110. The molecule has 8 bridgehead atoms. The van der Waals surface area contributed by atoms with Gasteiger partial charge in [-0.1, -0.05) is 132 Å². The van der Waals surface area contributed by atoms with Gasteiger partial charge < -0.3 is 28.7 Å². The zero-order valence-corrected chi connectivity index (χ0v) is 45.3. The molecule has 0 saturated heterocycles. The molecule has 2 amide bonds. The second-order valence-electron chi connectivity index (χ2n) is 22.8. The lowest BCUT2D eigenvalue weighted by Crippen LogP contribution is -2.34. The van der Waals surface area contributed by atoms with Crippen molar-refractivity contribution < 1.29 is 28.5 Å². The Morgan fingerprint density at radius 3 is 0.786 bits per heavy atom. The number of fused-ring (bicyclic) bond motifs is 8. The molecule has 4 aromatic rings. The molecular formula is C60H80N4O6. The molecule has 4 aromatic carbocycles. The summed E-state index contributed by atoms with van der Waals surface area (Å²) in [5.41, 5.74) is 10.2. The summed E-state index contributed by atoms with van der Waals surface area (Å²) < 4.78 is 26.9. The minimum atomic E-state index is -0.284. The van der Waals surface area contributed by atoms with Crippen molar-refractivity contribution in [2.45, 2.75) is 158 Å². The molecule has 0 aromatic heterocycles. The van der Waals surface area contributed by atoms with Gasteiger partial charge >= 0.3 is 0 Å². The Hall–Kier alpha value is -6.00. The Morgan fingerprint density at radius 1 is 0.414 bits per heavy atom. The highest BCUT2D eigenvalue weighted by Crippen LogP contribution is 2.44. The van der Waals surface area contributed by atoms with Crippen LogP contribution in [0.25, 0.3) is 0 Å². The summed E-state index contributed by atoms with van der Waals surface area (Å²) in [7, 11) is 0. The van der Waals surface area contributed by atoms with E-state index in [1.54, 1.807) is 9.80 Å². The van der Waals surface area contributed by atoms with Crippen LogP contribution >= 0.6 is 0 Å². The smallest absolute Gasteiger partial charge is 0.260 e. The SMILES string of the molecule is CCN(CC)C(=O)COc1c2cc(C(C)(C)C)cc1Cc1cc(C(C)(C)C)cc(c1OCC#N)Cc1cc(C(C)(C)C)cc(c1OCC(=O)N(CC)CC)Cc1cc(C(C)(C)C)cc(c1OCC#N)C2. The maximum atomic E-state index is 13.8. The second kappa shape index (κ2) is 22.4. The zero-order valence-electron chi connectivity index (χ0n) is 45.3. The molecule has 10 nitrogen and oxygen atoms in total. The Labute approximate surface area is 420 Å². The third kappa shape index (κ3) is 13.2. The molecule has 1 aliphatic carbocycles. The van der Waals surface area contributed by atoms with Gasteiger partial charge in [0, 0.05) is 51.9 Å². The molecule has 0 saturated carbocycles. The maximum Gasteiger partial charge on any atom is 0.260 e. The molecule has 0 aliphatic heterocycles. The number of amides is 2. The molecule has 70 heavy (non-hydrogen) atoms. The summed E-state index contributed by atoms with van der Waals surface area (Å²) in [5.74, 6) is 2.21. The van der Waals surface area contributed by atoms with Gasteiger partial charge in [0.15, 0.2) is 26.4 Å². The van der Waals surface area contributed by atoms with Gasteiger partial charge in [0.25, 0.3) is 11.8 Å². The van der Waals surface area contributed by atoms with E-state index in [9.17, 15) is 20.1 Å². The number of nitrogens with zero attached hydrogens (tertiary/aromatic N) is 4. The summed E-state index contributed by atoms with van der Waals surface area (Å²) in [5, 5.41) is 20.2. The highest BCUT2D eigenvalue weighted by molar-refractivity contribution is 5.78. The standard InChI is InChI=1S/C60H80N4O6/c1-17-63(18-2)51(65)37-69-55-43-25-39-29-47(57(5,6)7)31-41(53(39)67-23-21-61)27-45-35-50(60(14,15)16)36-46(56(45)70-38-52(66)64(19-3)20-4)28-42-32-48(58(8,9)10)30-40(54(42)68-24-22-62)26-44(55)34-49(33-43)59(11,12)13/h29-36H,17-20,23-28,37-38H2,1-16H3. The first kappa shape index (κ1) is 54.9. The van der Waals surface area contributed by atoms with E-state index in [0.29, 0.717) is 74.9 Å². The maximum absolute atomic E-state index is 13.8. The molecule has 0 heterocycles. The summed E-state index contributed by atoms with van der Waals surface area (Å²) in [6, 6.07) is 22.0. The predicted octanol–water partition coefficient (Wildman–Crippen LogP) is 11.9. The predicted molar refractivity (Wildman–Crippen MR) is 281 cm³/mol. The summed E-state index contributed by atoms with van der Waals surface area (Å²) in [6.45, 7) is 35.8. The van der Waals surface area contributed by atoms with Crippen LogP contribution in [-0.4, -0.2) is 74.2 Å². The Bertz CT molecular complexity index is 2340. The van der Waals surface area contributed by atoms with Gasteiger partial charge in [0.1, 0.15) is 35.1 Å². The first-order chi connectivity index (χ1) is 32.8. The lowest BCUT2D eigenvalue weighted by atomic mass is 9.79. The van der Waals surface area contributed by atoms with E-state index in [1.165, 1.54) is 0 Å². The quantitative estimate of drug-likeness (QED) is 0.108. The number of hydrogen-bond donors (Lipinski definition) is 0. The number of benzene rings is 4. The molecule has 5 rings (SSSR count). The van der Waals surface area contributed by atoms with Crippen LogP contribution in [0.2, 0.25) is 0 Å². The average Bonchev–Trinajstić information content (AvgIpc) is 3.26. The monoisotopic (exact) mass is 953 g/mol. The van der Waals surface area contributed by atoms with Crippen LogP contribution in [0.4, 0.5) is 0 Å². The lowest BCUT2D eigenvalue weighted by Gasteiger charge is -2.29. The number of carbonyl (C=O) groups is 2. The molecule has 0 fully saturated rings. The van der Waals surface area contributed by atoms with E-state index in [2.05, 4.69) is 144 Å². The van der Waals surface area contributed by atoms with Crippen LogP contribution in [0, 0.1) is 22.7 Å². The van der Waals surface area contributed by atoms with E-state index >= 15 is 0 Å². The normalized spacial score (nSPS) is 12.9. The topological polar surface area (TPSA) is 125 Å². The van der Waals surface area contributed by atoms with Crippen molar-refractivity contribution in [1.82, 2.24) is 9.80 Å². The van der Waals surface area contributed by atoms with Crippen molar-refractivity contribution in [1.29, 1.82) is 10.5 Å². The fourth-order valence-electron chi connectivity index (χ4n) is 9.17. The van der Waals surface area contributed by atoms with Crippen molar-refractivity contribution in [2.24, 2.45) is 0 Å². The number of ether oxygens (including phenoxy) is 4. The first-order valence-corrected chi connectivity index (χ1v) is 25.2. The van der Waals surface area contributed by atoms with Crippen molar-refractivity contribution in [3.63, 3.8) is 0 Å². The van der Waals surface area contributed by atoms with Crippen LogP contribution in [0.1, 0.15) is 178 Å². The second-order valence-corrected chi connectivity index (χ2v) is 22.8. The molecule has 0 unspecified atom stereocenters.